The zero-order valence-electron chi connectivity index (χ0n) is 16.4. The number of thioether (sulfide) groups is 1. The van der Waals surface area contributed by atoms with E-state index in [1.165, 1.54) is 11.8 Å². The number of rotatable bonds is 9. The second kappa shape index (κ2) is 9.73. The van der Waals surface area contributed by atoms with Gasteiger partial charge in [0, 0.05) is 6.54 Å². The van der Waals surface area contributed by atoms with Crippen molar-refractivity contribution in [1.82, 2.24) is 25.1 Å². The lowest BCUT2D eigenvalue weighted by atomic mass is 10.2. The molecule has 1 N–H and O–H groups in total. The molecule has 0 saturated carbocycles. The minimum absolute atomic E-state index is 0.00962. The lowest BCUT2D eigenvalue weighted by molar-refractivity contribution is -0.129. The molecule has 0 fully saturated rings. The Morgan fingerprint density at radius 2 is 2.07 bits per heavy atom. The van der Waals surface area contributed by atoms with Gasteiger partial charge in [0.25, 0.3) is 5.89 Å². The Morgan fingerprint density at radius 3 is 2.83 bits per heavy atom. The zero-order valence-corrected chi connectivity index (χ0v) is 18.1. The predicted octanol–water partition coefficient (Wildman–Crippen LogP) is 4.72. The van der Waals surface area contributed by atoms with Gasteiger partial charge >= 0.3 is 0 Å². The van der Waals surface area contributed by atoms with Gasteiger partial charge in [0.1, 0.15) is 0 Å². The number of imidazole rings is 1. The molecule has 0 aliphatic rings. The number of H-pyrrole nitrogens is 1. The third kappa shape index (κ3) is 4.98. The number of hydrogen-bond acceptors (Lipinski definition) is 7. The summed E-state index contributed by atoms with van der Waals surface area (Å²) >= 11 is 2.93. The number of nitrogens with one attached hydrogen (secondary N) is 1. The SMILES string of the molecule is CCCN(Cc1nnc(-c2cccs2)o1)C(=O)CSc1ncc(-c2ccccc2)[nH]1. The first-order valence-corrected chi connectivity index (χ1v) is 11.5. The fourth-order valence-electron chi connectivity index (χ4n) is 2.90. The predicted molar refractivity (Wildman–Crippen MR) is 118 cm³/mol. The Labute approximate surface area is 182 Å². The van der Waals surface area contributed by atoms with Crippen molar-refractivity contribution in [3.05, 3.63) is 59.9 Å². The standard InChI is InChI=1S/C21H21N5O2S2/c1-2-10-26(13-18-24-25-20(28-18)17-9-6-11-29-17)19(27)14-30-21-22-12-16(23-21)15-7-4-3-5-8-15/h3-9,11-12H,2,10,13-14H2,1H3,(H,22,23). The molecule has 0 saturated heterocycles. The van der Waals surface area contributed by atoms with Crippen LogP contribution in [0.2, 0.25) is 0 Å². The highest BCUT2D eigenvalue weighted by atomic mass is 32.2. The molecule has 0 spiro atoms. The summed E-state index contributed by atoms with van der Waals surface area (Å²) in [4.78, 5) is 23.1. The molecular weight excluding hydrogens is 418 g/mol. The van der Waals surface area contributed by atoms with Gasteiger partial charge in [-0.3, -0.25) is 4.79 Å². The molecule has 0 radical (unpaired) electrons. The second-order valence-electron chi connectivity index (χ2n) is 6.55. The summed E-state index contributed by atoms with van der Waals surface area (Å²) in [5.74, 6) is 1.22. The number of amides is 1. The highest BCUT2D eigenvalue weighted by molar-refractivity contribution is 7.99. The van der Waals surface area contributed by atoms with Crippen LogP contribution in [0.5, 0.6) is 0 Å². The average molecular weight is 440 g/mol. The quantitative estimate of drug-likeness (QED) is 0.380. The van der Waals surface area contributed by atoms with Crippen molar-refractivity contribution in [2.45, 2.75) is 25.0 Å². The molecule has 3 aromatic heterocycles. The van der Waals surface area contributed by atoms with Crippen molar-refractivity contribution in [3.8, 4) is 22.0 Å². The molecule has 0 unspecified atom stereocenters. The van der Waals surface area contributed by atoms with Crippen LogP contribution in [0.15, 0.2) is 63.6 Å². The first-order chi connectivity index (χ1) is 14.7. The van der Waals surface area contributed by atoms with Crippen LogP contribution in [0.4, 0.5) is 0 Å². The highest BCUT2D eigenvalue weighted by Crippen LogP contribution is 2.24. The number of nitrogens with zero attached hydrogens (tertiary/aromatic N) is 4. The van der Waals surface area contributed by atoms with Crippen molar-refractivity contribution in [1.29, 1.82) is 0 Å². The lowest BCUT2D eigenvalue weighted by Crippen LogP contribution is -2.32. The molecule has 1 aromatic carbocycles. The number of thiophene rings is 1. The summed E-state index contributed by atoms with van der Waals surface area (Å²) in [5, 5.41) is 10.9. The van der Waals surface area contributed by atoms with E-state index in [0.717, 1.165) is 27.7 Å². The first-order valence-electron chi connectivity index (χ1n) is 9.60. The van der Waals surface area contributed by atoms with Crippen molar-refractivity contribution < 1.29 is 9.21 Å². The second-order valence-corrected chi connectivity index (χ2v) is 8.46. The van der Waals surface area contributed by atoms with Crippen LogP contribution < -0.4 is 0 Å². The number of aromatic nitrogens is 4. The molecule has 3 heterocycles. The maximum Gasteiger partial charge on any atom is 0.257 e. The van der Waals surface area contributed by atoms with E-state index in [0.29, 0.717) is 24.9 Å². The Morgan fingerprint density at radius 1 is 1.20 bits per heavy atom. The van der Waals surface area contributed by atoms with Gasteiger partial charge in [-0.2, -0.15) is 0 Å². The Kier molecular flexibility index (Phi) is 6.60. The average Bonchev–Trinajstić information content (AvgIpc) is 3.54. The van der Waals surface area contributed by atoms with E-state index in [4.69, 9.17) is 4.42 Å². The number of carbonyl (C=O) groups is 1. The van der Waals surface area contributed by atoms with Crippen molar-refractivity contribution in [3.63, 3.8) is 0 Å². The summed E-state index contributed by atoms with van der Waals surface area (Å²) < 4.78 is 5.74. The number of aromatic amines is 1. The third-order valence-electron chi connectivity index (χ3n) is 4.34. The van der Waals surface area contributed by atoms with Gasteiger partial charge in [-0.15, -0.1) is 21.5 Å². The van der Waals surface area contributed by atoms with Gasteiger partial charge in [-0.25, -0.2) is 4.98 Å². The molecule has 0 bridgehead atoms. The van der Waals surface area contributed by atoms with E-state index >= 15 is 0 Å². The monoisotopic (exact) mass is 439 g/mol. The minimum atomic E-state index is 0.00962. The molecule has 1 amide bonds. The maximum absolute atomic E-state index is 12.8. The maximum atomic E-state index is 12.8. The zero-order chi connectivity index (χ0) is 20.8. The van der Waals surface area contributed by atoms with E-state index in [2.05, 4.69) is 20.2 Å². The van der Waals surface area contributed by atoms with Gasteiger partial charge in [-0.05, 0) is 23.4 Å². The Bertz CT molecular complexity index is 1080. The molecule has 0 atom stereocenters. The molecule has 4 rings (SSSR count). The van der Waals surface area contributed by atoms with Gasteiger partial charge in [-0.1, -0.05) is 55.1 Å². The fraction of sp³-hybridized carbons (Fsp3) is 0.238. The van der Waals surface area contributed by atoms with Crippen LogP contribution in [0, 0.1) is 0 Å². The molecule has 9 heteroatoms. The summed E-state index contributed by atoms with van der Waals surface area (Å²) in [6.45, 7) is 2.97. The van der Waals surface area contributed by atoms with Crippen LogP contribution in [-0.4, -0.2) is 43.3 Å². The number of benzene rings is 1. The largest absolute Gasteiger partial charge is 0.418 e. The first kappa shape index (κ1) is 20.4. The van der Waals surface area contributed by atoms with E-state index in [1.54, 1.807) is 22.4 Å². The third-order valence-corrected chi connectivity index (χ3v) is 6.07. The fourth-order valence-corrected chi connectivity index (χ4v) is 4.30. The minimum Gasteiger partial charge on any atom is -0.418 e. The van der Waals surface area contributed by atoms with Crippen LogP contribution in [0.1, 0.15) is 19.2 Å². The van der Waals surface area contributed by atoms with Crippen molar-refractivity contribution >= 4 is 29.0 Å². The highest BCUT2D eigenvalue weighted by Gasteiger charge is 2.18. The summed E-state index contributed by atoms with van der Waals surface area (Å²) in [5.41, 5.74) is 2.00. The number of carbonyl (C=O) groups excluding carboxylic acids is 1. The Balaban J connectivity index is 1.36. The van der Waals surface area contributed by atoms with Crippen LogP contribution >= 0.6 is 23.1 Å². The molecular formula is C21H21N5O2S2. The van der Waals surface area contributed by atoms with Gasteiger partial charge in [0.2, 0.25) is 11.8 Å². The van der Waals surface area contributed by atoms with Crippen LogP contribution in [0.25, 0.3) is 22.0 Å². The molecule has 154 valence electrons. The van der Waals surface area contributed by atoms with E-state index in [-0.39, 0.29) is 11.7 Å². The summed E-state index contributed by atoms with van der Waals surface area (Å²) in [7, 11) is 0. The van der Waals surface area contributed by atoms with Gasteiger partial charge < -0.3 is 14.3 Å². The van der Waals surface area contributed by atoms with E-state index < -0.39 is 0 Å². The topological polar surface area (TPSA) is 87.9 Å². The van der Waals surface area contributed by atoms with E-state index in [1.807, 2.05) is 54.8 Å². The molecule has 7 nitrogen and oxygen atoms in total. The van der Waals surface area contributed by atoms with E-state index in [9.17, 15) is 4.79 Å². The Hall–Kier alpha value is -2.91. The normalized spacial score (nSPS) is 11.0. The molecule has 0 aliphatic carbocycles. The summed E-state index contributed by atoms with van der Waals surface area (Å²) in [6, 6.07) is 13.8. The molecule has 30 heavy (non-hydrogen) atoms. The van der Waals surface area contributed by atoms with Crippen LogP contribution in [0.3, 0.4) is 0 Å². The van der Waals surface area contributed by atoms with Crippen LogP contribution in [-0.2, 0) is 11.3 Å². The van der Waals surface area contributed by atoms with Gasteiger partial charge in [0.05, 0.1) is 29.1 Å². The molecule has 4 aromatic rings. The smallest absolute Gasteiger partial charge is 0.257 e. The summed E-state index contributed by atoms with van der Waals surface area (Å²) in [6.07, 6.45) is 2.64. The van der Waals surface area contributed by atoms with Crippen molar-refractivity contribution in [2.75, 3.05) is 12.3 Å². The molecule has 0 aliphatic heterocycles. The van der Waals surface area contributed by atoms with Gasteiger partial charge in [0.15, 0.2) is 5.16 Å². The van der Waals surface area contributed by atoms with Crippen molar-refractivity contribution in [2.24, 2.45) is 0 Å². The lowest BCUT2D eigenvalue weighted by Gasteiger charge is -2.19. The number of hydrogen-bond donors (Lipinski definition) is 1.